The predicted molar refractivity (Wildman–Crippen MR) is 57.0 cm³/mol. The molecule has 0 atom stereocenters. The Kier molecular flexibility index (Phi) is 3.92. The third-order valence-corrected chi connectivity index (χ3v) is 2.95. The third kappa shape index (κ3) is 3.36. The second kappa shape index (κ2) is 4.98. The van der Waals surface area contributed by atoms with E-state index in [1.807, 2.05) is 6.92 Å². The lowest BCUT2D eigenvalue weighted by atomic mass is 9.81. The quantitative estimate of drug-likeness (QED) is 0.515. The van der Waals surface area contributed by atoms with Gasteiger partial charge in [0.05, 0.1) is 0 Å². The molecule has 1 rings (SSSR count). The number of hydrazone groups is 1. The number of nitrogens with zero attached hydrogens (tertiary/aromatic N) is 1. The van der Waals surface area contributed by atoms with Crippen LogP contribution in [0.4, 0.5) is 4.79 Å². The SMILES string of the molecule is CC(=NNC(N)=O)C1CCC(C)CC1. The van der Waals surface area contributed by atoms with Crippen LogP contribution in [0.25, 0.3) is 0 Å². The number of primary amides is 1. The van der Waals surface area contributed by atoms with Gasteiger partial charge in [-0.15, -0.1) is 0 Å². The Balaban J connectivity index is 2.40. The fraction of sp³-hybridized carbons (Fsp3) is 0.800. The maximum atomic E-state index is 10.4. The van der Waals surface area contributed by atoms with Crippen LogP contribution in [-0.4, -0.2) is 11.7 Å². The van der Waals surface area contributed by atoms with Crippen LogP contribution in [0.3, 0.4) is 0 Å². The topological polar surface area (TPSA) is 67.5 Å². The molecule has 3 N–H and O–H groups in total. The van der Waals surface area contributed by atoms with Crippen molar-refractivity contribution >= 4 is 11.7 Å². The molecule has 0 bridgehead atoms. The highest BCUT2D eigenvalue weighted by molar-refractivity contribution is 5.85. The monoisotopic (exact) mass is 197 g/mol. The standard InChI is InChI=1S/C10H19N3O/c1-7-3-5-9(6-4-7)8(2)12-13-10(11)14/h7,9H,3-6H2,1-2H3,(H3,11,13,14). The van der Waals surface area contributed by atoms with E-state index in [4.69, 9.17) is 5.73 Å². The Labute approximate surface area is 84.9 Å². The highest BCUT2D eigenvalue weighted by Crippen LogP contribution is 2.28. The normalized spacial score (nSPS) is 28.6. The van der Waals surface area contributed by atoms with Crippen LogP contribution in [0.1, 0.15) is 39.5 Å². The predicted octanol–water partition coefficient (Wildman–Crippen LogP) is 1.86. The van der Waals surface area contributed by atoms with Gasteiger partial charge in [-0.05, 0) is 31.6 Å². The van der Waals surface area contributed by atoms with E-state index in [1.165, 1.54) is 25.7 Å². The summed E-state index contributed by atoms with van der Waals surface area (Å²) in [6.45, 7) is 4.24. The number of hydrogen-bond donors (Lipinski definition) is 2. The van der Waals surface area contributed by atoms with E-state index in [0.717, 1.165) is 11.6 Å². The molecule has 1 aliphatic rings. The Bertz CT molecular complexity index is 230. The molecule has 4 heteroatoms. The second-order valence-electron chi connectivity index (χ2n) is 4.19. The number of amides is 2. The number of hydrogen-bond acceptors (Lipinski definition) is 2. The van der Waals surface area contributed by atoms with E-state index in [-0.39, 0.29) is 0 Å². The van der Waals surface area contributed by atoms with Gasteiger partial charge in [0, 0.05) is 5.71 Å². The molecule has 0 heterocycles. The summed E-state index contributed by atoms with van der Waals surface area (Å²) in [7, 11) is 0. The molecule has 0 unspecified atom stereocenters. The summed E-state index contributed by atoms with van der Waals surface area (Å²) in [5.74, 6) is 1.36. The molecule has 0 aliphatic heterocycles. The van der Waals surface area contributed by atoms with Crippen molar-refractivity contribution in [1.82, 2.24) is 5.43 Å². The first kappa shape index (κ1) is 11.0. The van der Waals surface area contributed by atoms with Crippen LogP contribution in [0, 0.1) is 11.8 Å². The minimum Gasteiger partial charge on any atom is -0.350 e. The molecule has 80 valence electrons. The maximum absolute atomic E-state index is 10.4. The molecule has 0 aromatic rings. The van der Waals surface area contributed by atoms with Crippen molar-refractivity contribution in [3.63, 3.8) is 0 Å². The Morgan fingerprint density at radius 2 is 1.93 bits per heavy atom. The van der Waals surface area contributed by atoms with Gasteiger partial charge in [-0.2, -0.15) is 5.10 Å². The first-order chi connectivity index (χ1) is 6.59. The first-order valence-electron chi connectivity index (χ1n) is 5.19. The largest absolute Gasteiger partial charge is 0.350 e. The number of urea groups is 1. The summed E-state index contributed by atoms with van der Waals surface area (Å²) in [6.07, 6.45) is 4.87. The third-order valence-electron chi connectivity index (χ3n) is 2.95. The van der Waals surface area contributed by atoms with Gasteiger partial charge in [0.25, 0.3) is 0 Å². The highest BCUT2D eigenvalue weighted by Gasteiger charge is 2.20. The van der Waals surface area contributed by atoms with Crippen LogP contribution in [0.5, 0.6) is 0 Å². The van der Waals surface area contributed by atoms with Crippen molar-refractivity contribution in [2.24, 2.45) is 22.7 Å². The van der Waals surface area contributed by atoms with E-state index < -0.39 is 6.03 Å². The molecule has 2 amide bonds. The number of nitrogens with two attached hydrogens (primary N) is 1. The molecule has 0 aromatic heterocycles. The molecule has 0 aromatic carbocycles. The molecule has 4 nitrogen and oxygen atoms in total. The average molecular weight is 197 g/mol. The van der Waals surface area contributed by atoms with Gasteiger partial charge in [0.15, 0.2) is 0 Å². The molecule has 0 spiro atoms. The fourth-order valence-corrected chi connectivity index (χ4v) is 1.91. The minimum atomic E-state index is -0.589. The van der Waals surface area contributed by atoms with E-state index in [2.05, 4.69) is 17.5 Å². The van der Waals surface area contributed by atoms with Gasteiger partial charge in [-0.3, -0.25) is 0 Å². The van der Waals surface area contributed by atoms with Gasteiger partial charge < -0.3 is 5.73 Å². The molecule has 0 saturated heterocycles. The van der Waals surface area contributed by atoms with Crippen LogP contribution in [0.15, 0.2) is 5.10 Å². The lowest BCUT2D eigenvalue weighted by molar-refractivity contribution is 0.249. The van der Waals surface area contributed by atoms with E-state index >= 15 is 0 Å². The summed E-state index contributed by atoms with van der Waals surface area (Å²) in [6, 6.07) is -0.589. The Morgan fingerprint density at radius 1 is 1.36 bits per heavy atom. The van der Waals surface area contributed by atoms with Crippen LogP contribution < -0.4 is 11.2 Å². The zero-order valence-electron chi connectivity index (χ0n) is 8.92. The zero-order chi connectivity index (χ0) is 10.6. The summed E-state index contributed by atoms with van der Waals surface area (Å²) >= 11 is 0. The van der Waals surface area contributed by atoms with Gasteiger partial charge >= 0.3 is 6.03 Å². The lowest BCUT2D eigenvalue weighted by Crippen LogP contribution is -2.27. The second-order valence-corrected chi connectivity index (χ2v) is 4.19. The van der Waals surface area contributed by atoms with Crippen molar-refractivity contribution in [1.29, 1.82) is 0 Å². The Morgan fingerprint density at radius 3 is 2.43 bits per heavy atom. The molecule has 0 radical (unpaired) electrons. The van der Waals surface area contributed by atoms with Gasteiger partial charge in [0.2, 0.25) is 0 Å². The van der Waals surface area contributed by atoms with Crippen molar-refractivity contribution in [3.8, 4) is 0 Å². The van der Waals surface area contributed by atoms with Crippen LogP contribution >= 0.6 is 0 Å². The molecule has 1 aliphatic carbocycles. The molecule has 1 fully saturated rings. The van der Waals surface area contributed by atoms with Crippen LogP contribution in [-0.2, 0) is 0 Å². The van der Waals surface area contributed by atoms with E-state index in [9.17, 15) is 4.79 Å². The van der Waals surface area contributed by atoms with E-state index in [1.54, 1.807) is 0 Å². The Hall–Kier alpha value is -1.06. The highest BCUT2D eigenvalue weighted by atomic mass is 16.2. The number of rotatable bonds is 2. The lowest BCUT2D eigenvalue weighted by Gasteiger charge is -2.25. The molecular formula is C10H19N3O. The fourth-order valence-electron chi connectivity index (χ4n) is 1.91. The number of carbonyl (C=O) groups is 1. The summed E-state index contributed by atoms with van der Waals surface area (Å²) in [5, 5.41) is 3.96. The van der Waals surface area contributed by atoms with Crippen molar-refractivity contribution in [3.05, 3.63) is 0 Å². The minimum absolute atomic E-state index is 0.526. The van der Waals surface area contributed by atoms with Crippen LogP contribution in [0.2, 0.25) is 0 Å². The van der Waals surface area contributed by atoms with E-state index in [0.29, 0.717) is 5.92 Å². The number of carbonyl (C=O) groups excluding carboxylic acids is 1. The van der Waals surface area contributed by atoms with Crippen molar-refractivity contribution in [2.45, 2.75) is 39.5 Å². The van der Waals surface area contributed by atoms with Crippen molar-refractivity contribution in [2.75, 3.05) is 0 Å². The molecular weight excluding hydrogens is 178 g/mol. The zero-order valence-corrected chi connectivity index (χ0v) is 8.92. The smallest absolute Gasteiger partial charge is 0.332 e. The van der Waals surface area contributed by atoms with Gasteiger partial charge in [0.1, 0.15) is 0 Å². The summed E-state index contributed by atoms with van der Waals surface area (Å²) in [4.78, 5) is 10.4. The number of nitrogens with one attached hydrogen (secondary N) is 1. The summed E-state index contributed by atoms with van der Waals surface area (Å²) in [5.41, 5.74) is 8.21. The summed E-state index contributed by atoms with van der Waals surface area (Å²) < 4.78 is 0. The van der Waals surface area contributed by atoms with Crippen molar-refractivity contribution < 1.29 is 4.79 Å². The van der Waals surface area contributed by atoms with Gasteiger partial charge in [-0.1, -0.05) is 19.8 Å². The molecule has 14 heavy (non-hydrogen) atoms. The molecule has 1 saturated carbocycles. The maximum Gasteiger partial charge on any atom is 0.332 e. The average Bonchev–Trinajstić information content (AvgIpc) is 2.15. The first-order valence-corrected chi connectivity index (χ1v) is 5.19. The van der Waals surface area contributed by atoms with Gasteiger partial charge in [-0.25, -0.2) is 10.2 Å².